The Hall–Kier alpha value is -3.85. The molecule has 0 aliphatic rings. The summed E-state index contributed by atoms with van der Waals surface area (Å²) in [5, 5.41) is 16.8. The second-order valence-electron chi connectivity index (χ2n) is 6.77. The highest BCUT2D eigenvalue weighted by molar-refractivity contribution is 7.99. The predicted molar refractivity (Wildman–Crippen MR) is 120 cm³/mol. The minimum absolute atomic E-state index is 0.0971. The van der Waals surface area contributed by atoms with Crippen LogP contribution in [0.2, 0.25) is 0 Å². The molecule has 5 aromatic rings. The number of hydrogen-bond acceptors (Lipinski definition) is 6. The van der Waals surface area contributed by atoms with Crippen LogP contribution in [-0.2, 0) is 4.79 Å². The van der Waals surface area contributed by atoms with Crippen molar-refractivity contribution < 1.29 is 9.53 Å². The summed E-state index contributed by atoms with van der Waals surface area (Å²) in [6.45, 7) is 0. The fraction of sp³-hybridized carbons (Fsp3) is 0.0909. The van der Waals surface area contributed by atoms with Crippen molar-refractivity contribution in [2.24, 2.45) is 0 Å². The van der Waals surface area contributed by atoms with Crippen LogP contribution in [0.3, 0.4) is 0 Å². The molecule has 3 heterocycles. The van der Waals surface area contributed by atoms with Crippen molar-refractivity contribution in [3.05, 3.63) is 73.1 Å². The van der Waals surface area contributed by atoms with Gasteiger partial charge in [0.2, 0.25) is 5.91 Å². The molecule has 154 valence electrons. The first-order chi connectivity index (χ1) is 15.2. The van der Waals surface area contributed by atoms with E-state index >= 15 is 0 Å². The summed E-state index contributed by atoms with van der Waals surface area (Å²) in [7, 11) is 1.64. The number of anilines is 1. The monoisotopic (exact) mass is 430 g/mol. The zero-order valence-corrected chi connectivity index (χ0v) is 17.4. The van der Waals surface area contributed by atoms with E-state index in [9.17, 15) is 4.79 Å². The molecule has 0 aliphatic heterocycles. The topological polar surface area (TPSA) is 85.8 Å². The number of thioether (sulfide) groups is 1. The Bertz CT molecular complexity index is 1360. The van der Waals surface area contributed by atoms with Crippen LogP contribution in [0.4, 0.5) is 5.69 Å². The first-order valence-electron chi connectivity index (χ1n) is 9.56. The molecule has 0 spiro atoms. The fourth-order valence-corrected chi connectivity index (χ4v) is 3.96. The highest BCUT2D eigenvalue weighted by Crippen LogP contribution is 2.25. The van der Waals surface area contributed by atoms with Crippen LogP contribution in [-0.4, -0.2) is 43.0 Å². The molecule has 5 rings (SSSR count). The highest BCUT2D eigenvalue weighted by atomic mass is 32.2. The van der Waals surface area contributed by atoms with Crippen LogP contribution in [0.15, 0.2) is 78.2 Å². The molecular formula is C22H18N6O2S. The van der Waals surface area contributed by atoms with Gasteiger partial charge in [0.05, 0.1) is 18.6 Å². The molecule has 0 saturated heterocycles. The van der Waals surface area contributed by atoms with Gasteiger partial charge < -0.3 is 10.1 Å². The van der Waals surface area contributed by atoms with Gasteiger partial charge in [0.1, 0.15) is 11.3 Å². The molecule has 0 atom stereocenters. The molecular weight excluding hydrogens is 412 g/mol. The Morgan fingerprint density at radius 3 is 2.65 bits per heavy atom. The van der Waals surface area contributed by atoms with Gasteiger partial charge in [0, 0.05) is 23.6 Å². The van der Waals surface area contributed by atoms with E-state index in [0.717, 1.165) is 28.2 Å². The number of ether oxygens (including phenoxy) is 1. The first kappa shape index (κ1) is 19.1. The summed E-state index contributed by atoms with van der Waals surface area (Å²) in [4.78, 5) is 12.2. The summed E-state index contributed by atoms with van der Waals surface area (Å²) in [6, 6.07) is 19.1. The van der Waals surface area contributed by atoms with E-state index in [2.05, 4.69) is 20.6 Å². The molecule has 8 nitrogen and oxygen atoms in total. The number of nitrogens with zero attached hydrogens (tertiary/aromatic N) is 5. The number of carbonyl (C=O) groups excluding carboxylic acids is 1. The molecule has 0 aliphatic carbocycles. The SMILES string of the molecule is COc1ccc(-c2cc3c4nnc(SCC(=O)Nc5ccccc5)n4ccn3n2)cc1. The Morgan fingerprint density at radius 1 is 1.06 bits per heavy atom. The van der Waals surface area contributed by atoms with Gasteiger partial charge in [-0.05, 0) is 42.5 Å². The van der Waals surface area contributed by atoms with Crippen molar-refractivity contribution in [3.63, 3.8) is 0 Å². The zero-order chi connectivity index (χ0) is 21.2. The molecule has 1 N–H and O–H groups in total. The molecule has 0 radical (unpaired) electrons. The molecule has 1 amide bonds. The van der Waals surface area contributed by atoms with Gasteiger partial charge in [-0.2, -0.15) is 5.10 Å². The van der Waals surface area contributed by atoms with Crippen LogP contribution in [0, 0.1) is 0 Å². The van der Waals surface area contributed by atoms with Crippen LogP contribution in [0.1, 0.15) is 0 Å². The second kappa shape index (κ2) is 8.11. The molecule has 0 fully saturated rings. The molecule has 2 aromatic carbocycles. The smallest absolute Gasteiger partial charge is 0.234 e. The van der Waals surface area contributed by atoms with Crippen molar-refractivity contribution in [1.82, 2.24) is 24.2 Å². The van der Waals surface area contributed by atoms with Crippen LogP contribution >= 0.6 is 11.8 Å². The molecule has 0 bridgehead atoms. The largest absolute Gasteiger partial charge is 0.497 e. The highest BCUT2D eigenvalue weighted by Gasteiger charge is 2.14. The van der Waals surface area contributed by atoms with Crippen LogP contribution in [0.5, 0.6) is 5.75 Å². The number of aromatic nitrogens is 5. The summed E-state index contributed by atoms with van der Waals surface area (Å²) >= 11 is 1.33. The number of methoxy groups -OCH3 is 1. The maximum atomic E-state index is 12.2. The van der Waals surface area contributed by atoms with E-state index in [4.69, 9.17) is 4.74 Å². The Labute approximate surface area is 181 Å². The number of para-hydroxylation sites is 1. The van der Waals surface area contributed by atoms with Gasteiger partial charge in [-0.1, -0.05) is 30.0 Å². The normalized spacial score (nSPS) is 11.1. The van der Waals surface area contributed by atoms with E-state index < -0.39 is 0 Å². The quantitative estimate of drug-likeness (QED) is 0.413. The lowest BCUT2D eigenvalue weighted by atomic mass is 10.1. The molecule has 9 heteroatoms. The number of nitrogens with one attached hydrogen (secondary N) is 1. The molecule has 3 aromatic heterocycles. The average molecular weight is 430 g/mol. The maximum absolute atomic E-state index is 12.2. The predicted octanol–water partition coefficient (Wildman–Crippen LogP) is 3.78. The third-order valence-corrected chi connectivity index (χ3v) is 5.71. The summed E-state index contributed by atoms with van der Waals surface area (Å²) < 4.78 is 8.87. The van der Waals surface area contributed by atoms with Gasteiger partial charge in [-0.3, -0.25) is 9.20 Å². The minimum atomic E-state index is -0.0971. The Kier molecular flexibility index (Phi) is 5.01. The van der Waals surface area contributed by atoms with E-state index in [0.29, 0.717) is 10.8 Å². The van der Waals surface area contributed by atoms with Crippen molar-refractivity contribution in [3.8, 4) is 17.0 Å². The number of hydrogen-bond donors (Lipinski definition) is 1. The number of fused-ring (bicyclic) bond motifs is 3. The van der Waals surface area contributed by atoms with Gasteiger partial charge in [-0.25, -0.2) is 4.52 Å². The van der Waals surface area contributed by atoms with Gasteiger partial charge >= 0.3 is 0 Å². The van der Waals surface area contributed by atoms with Gasteiger partial charge in [0.25, 0.3) is 0 Å². The van der Waals surface area contributed by atoms with E-state index in [1.54, 1.807) is 11.6 Å². The van der Waals surface area contributed by atoms with E-state index in [1.165, 1.54) is 11.8 Å². The van der Waals surface area contributed by atoms with Gasteiger partial charge in [0.15, 0.2) is 10.8 Å². The Balaban J connectivity index is 1.38. The summed E-state index contributed by atoms with van der Waals surface area (Å²) in [5.41, 5.74) is 4.10. The number of carbonyl (C=O) groups is 1. The van der Waals surface area contributed by atoms with E-state index in [-0.39, 0.29) is 11.7 Å². The summed E-state index contributed by atoms with van der Waals surface area (Å²) in [6.07, 6.45) is 3.71. The standard InChI is InChI=1S/C22H18N6O2S/c1-30-17-9-7-15(8-10-17)18-13-19-21-24-25-22(27(21)11-12-28(19)26-18)31-14-20(29)23-16-5-3-2-4-6-16/h2-13H,14H2,1H3,(H,23,29). The lowest BCUT2D eigenvalue weighted by Gasteiger charge is -2.04. The minimum Gasteiger partial charge on any atom is -0.497 e. The zero-order valence-electron chi connectivity index (χ0n) is 16.6. The Morgan fingerprint density at radius 2 is 1.87 bits per heavy atom. The molecule has 0 saturated carbocycles. The molecule has 0 unspecified atom stereocenters. The summed E-state index contributed by atoms with van der Waals surface area (Å²) in [5.74, 6) is 0.933. The maximum Gasteiger partial charge on any atom is 0.234 e. The lowest BCUT2D eigenvalue weighted by Crippen LogP contribution is -2.14. The third kappa shape index (κ3) is 3.82. The second-order valence-corrected chi connectivity index (χ2v) is 7.71. The molecule has 31 heavy (non-hydrogen) atoms. The number of amides is 1. The van der Waals surface area contributed by atoms with Crippen molar-refractivity contribution in [2.45, 2.75) is 5.16 Å². The number of benzene rings is 2. The van der Waals surface area contributed by atoms with Crippen molar-refractivity contribution in [2.75, 3.05) is 18.2 Å². The lowest BCUT2D eigenvalue weighted by molar-refractivity contribution is -0.113. The van der Waals surface area contributed by atoms with Crippen LogP contribution in [0.25, 0.3) is 22.4 Å². The van der Waals surface area contributed by atoms with Crippen molar-refractivity contribution in [1.29, 1.82) is 0 Å². The van der Waals surface area contributed by atoms with E-state index in [1.807, 2.05) is 77.5 Å². The average Bonchev–Trinajstić information content (AvgIpc) is 3.42. The fourth-order valence-electron chi connectivity index (χ4n) is 3.24. The number of rotatable bonds is 6. The van der Waals surface area contributed by atoms with Crippen molar-refractivity contribution >= 4 is 34.5 Å². The van der Waals surface area contributed by atoms with Gasteiger partial charge in [-0.15, -0.1) is 10.2 Å². The third-order valence-electron chi connectivity index (χ3n) is 4.76. The first-order valence-corrected chi connectivity index (χ1v) is 10.5. The van der Waals surface area contributed by atoms with Crippen LogP contribution < -0.4 is 10.1 Å².